The first-order valence-electron chi connectivity index (χ1n) is 11.2. The molecule has 1 aliphatic rings. The Morgan fingerprint density at radius 1 is 0.818 bits per heavy atom. The van der Waals surface area contributed by atoms with Crippen molar-refractivity contribution in [3.05, 3.63) is 84.6 Å². The van der Waals surface area contributed by atoms with Crippen LogP contribution < -0.4 is 5.32 Å². The van der Waals surface area contributed by atoms with Gasteiger partial charge in [-0.15, -0.1) is 0 Å². The molecule has 2 aromatic heterocycles. The summed E-state index contributed by atoms with van der Waals surface area (Å²) in [5, 5.41) is 5.66. The van der Waals surface area contributed by atoms with Gasteiger partial charge in [0.2, 0.25) is 0 Å². The molecule has 6 rings (SSSR count). The van der Waals surface area contributed by atoms with Crippen LogP contribution in [0.15, 0.2) is 72.9 Å². The Bertz CT molecular complexity index is 1460. The molecule has 3 heterocycles. The zero-order valence-corrected chi connectivity index (χ0v) is 17.9. The molecule has 4 nitrogen and oxygen atoms in total. The van der Waals surface area contributed by atoms with E-state index in [0.29, 0.717) is 17.0 Å². The summed E-state index contributed by atoms with van der Waals surface area (Å²) in [6.07, 6.45) is 3.53. The number of hydrogen-bond acceptors (Lipinski definition) is 3. The number of rotatable bonds is 3. The predicted octanol–water partition coefficient (Wildman–Crippen LogP) is 6.12. The summed E-state index contributed by atoms with van der Waals surface area (Å²) in [7, 11) is 0. The molecular weight excluding hydrogens is 418 g/mol. The van der Waals surface area contributed by atoms with Gasteiger partial charge in [-0.05, 0) is 66.5 Å². The number of benzene rings is 3. The fraction of sp³-hybridized carbons (Fsp3) is 0.185. The van der Waals surface area contributed by atoms with Crippen LogP contribution in [0.2, 0.25) is 0 Å². The Kier molecular flexibility index (Phi) is 4.88. The smallest absolute Gasteiger partial charge is 0.160 e. The molecule has 6 heteroatoms. The highest BCUT2D eigenvalue weighted by Gasteiger charge is 2.26. The molecule has 0 amide bonds. The van der Waals surface area contributed by atoms with Gasteiger partial charge in [0, 0.05) is 17.8 Å². The lowest BCUT2D eigenvalue weighted by atomic mass is 10.0. The molecule has 1 N–H and O–H groups in total. The van der Waals surface area contributed by atoms with Gasteiger partial charge in [-0.1, -0.05) is 42.5 Å². The fourth-order valence-electron chi connectivity index (χ4n) is 4.81. The van der Waals surface area contributed by atoms with Gasteiger partial charge in [-0.3, -0.25) is 0 Å². The summed E-state index contributed by atoms with van der Waals surface area (Å²) in [5.74, 6) is -0.929. The van der Waals surface area contributed by atoms with Crippen molar-refractivity contribution < 1.29 is 8.78 Å². The van der Waals surface area contributed by atoms with E-state index in [1.807, 2.05) is 29.0 Å². The minimum Gasteiger partial charge on any atom is -0.317 e. The molecule has 0 radical (unpaired) electrons. The number of hydrogen-bond donors (Lipinski definition) is 1. The maximum absolute atomic E-state index is 14.8. The van der Waals surface area contributed by atoms with Gasteiger partial charge in [0.1, 0.15) is 23.0 Å². The van der Waals surface area contributed by atoms with E-state index in [1.165, 1.54) is 23.6 Å². The predicted molar refractivity (Wildman–Crippen MR) is 127 cm³/mol. The second-order valence-electron chi connectivity index (χ2n) is 8.51. The monoisotopic (exact) mass is 440 g/mol. The van der Waals surface area contributed by atoms with Crippen LogP contribution in [-0.4, -0.2) is 27.6 Å². The topological polar surface area (TPSA) is 42.7 Å². The van der Waals surface area contributed by atoms with Crippen LogP contribution in [0.25, 0.3) is 44.5 Å². The Hall–Kier alpha value is -3.64. The standard InChI is InChI=1S/C27H22F2N4/c28-22-6-3-7-23(29)25(22)27-32-24-15-20(19-9-8-17-4-1-2-5-18(17)14-19)16-31-26(24)33(27)21-10-12-30-13-11-21/h1-9,14-16,21,30H,10-13H2. The first kappa shape index (κ1) is 20.0. The number of aromatic nitrogens is 3. The minimum absolute atomic E-state index is 0.0734. The van der Waals surface area contributed by atoms with E-state index in [2.05, 4.69) is 35.6 Å². The Balaban J connectivity index is 1.55. The lowest BCUT2D eigenvalue weighted by Crippen LogP contribution is -2.29. The molecule has 5 aromatic rings. The zero-order valence-electron chi connectivity index (χ0n) is 17.9. The molecule has 3 aromatic carbocycles. The molecule has 0 aliphatic carbocycles. The summed E-state index contributed by atoms with van der Waals surface area (Å²) in [6.45, 7) is 1.69. The number of piperidine rings is 1. The highest BCUT2D eigenvalue weighted by molar-refractivity contribution is 5.89. The van der Waals surface area contributed by atoms with Crippen LogP contribution >= 0.6 is 0 Å². The van der Waals surface area contributed by atoms with Crippen LogP contribution in [0.4, 0.5) is 8.78 Å². The Morgan fingerprint density at radius 2 is 1.58 bits per heavy atom. The Morgan fingerprint density at radius 3 is 2.36 bits per heavy atom. The van der Waals surface area contributed by atoms with Gasteiger partial charge in [0.05, 0.1) is 5.56 Å². The molecule has 0 atom stereocenters. The van der Waals surface area contributed by atoms with Gasteiger partial charge in [0.15, 0.2) is 5.65 Å². The number of fused-ring (bicyclic) bond motifs is 2. The van der Waals surface area contributed by atoms with Crippen molar-refractivity contribution in [1.82, 2.24) is 19.9 Å². The molecule has 1 saturated heterocycles. The van der Waals surface area contributed by atoms with Crippen molar-refractivity contribution in [2.75, 3.05) is 13.1 Å². The lowest BCUT2D eigenvalue weighted by molar-refractivity contribution is 0.375. The van der Waals surface area contributed by atoms with Crippen molar-refractivity contribution in [2.45, 2.75) is 18.9 Å². The van der Waals surface area contributed by atoms with Gasteiger partial charge in [-0.25, -0.2) is 18.7 Å². The highest BCUT2D eigenvalue weighted by atomic mass is 19.1. The van der Waals surface area contributed by atoms with Gasteiger partial charge in [-0.2, -0.15) is 0 Å². The van der Waals surface area contributed by atoms with Crippen LogP contribution in [-0.2, 0) is 0 Å². The van der Waals surface area contributed by atoms with Gasteiger partial charge < -0.3 is 9.88 Å². The SMILES string of the molecule is Fc1cccc(F)c1-c1nc2cc(-c3ccc4ccccc4c3)cnc2n1C1CCNCC1. The Labute approximate surface area is 189 Å². The summed E-state index contributed by atoms with van der Waals surface area (Å²) in [6, 6.07) is 20.4. The summed E-state index contributed by atoms with van der Waals surface area (Å²) < 4.78 is 31.5. The van der Waals surface area contributed by atoms with E-state index >= 15 is 0 Å². The zero-order chi connectivity index (χ0) is 22.4. The molecular formula is C27H22F2N4. The quantitative estimate of drug-likeness (QED) is 0.367. The minimum atomic E-state index is -0.616. The summed E-state index contributed by atoms with van der Waals surface area (Å²) >= 11 is 0. The average molecular weight is 440 g/mol. The number of nitrogens with one attached hydrogen (secondary N) is 1. The largest absolute Gasteiger partial charge is 0.317 e. The molecule has 0 unspecified atom stereocenters. The highest BCUT2D eigenvalue weighted by Crippen LogP contribution is 2.35. The average Bonchev–Trinajstić information content (AvgIpc) is 3.22. The molecule has 0 spiro atoms. The number of imidazole rings is 1. The van der Waals surface area contributed by atoms with E-state index < -0.39 is 11.6 Å². The second kappa shape index (κ2) is 8.05. The van der Waals surface area contributed by atoms with E-state index in [4.69, 9.17) is 9.97 Å². The maximum Gasteiger partial charge on any atom is 0.160 e. The van der Waals surface area contributed by atoms with Crippen molar-refractivity contribution in [2.24, 2.45) is 0 Å². The van der Waals surface area contributed by atoms with Crippen LogP contribution in [0.1, 0.15) is 18.9 Å². The maximum atomic E-state index is 14.8. The number of nitrogens with zero attached hydrogens (tertiary/aromatic N) is 3. The number of pyridine rings is 1. The van der Waals surface area contributed by atoms with Crippen LogP contribution in [0.5, 0.6) is 0 Å². The molecule has 0 saturated carbocycles. The third-order valence-corrected chi connectivity index (χ3v) is 6.47. The summed E-state index contributed by atoms with van der Waals surface area (Å²) in [4.78, 5) is 9.48. The van der Waals surface area contributed by atoms with E-state index in [0.717, 1.165) is 42.4 Å². The second-order valence-corrected chi connectivity index (χ2v) is 8.51. The number of halogens is 2. The third-order valence-electron chi connectivity index (χ3n) is 6.47. The molecule has 33 heavy (non-hydrogen) atoms. The van der Waals surface area contributed by atoms with Crippen LogP contribution in [0.3, 0.4) is 0 Å². The third kappa shape index (κ3) is 3.47. The van der Waals surface area contributed by atoms with Gasteiger partial charge in [0.25, 0.3) is 0 Å². The van der Waals surface area contributed by atoms with E-state index in [9.17, 15) is 8.78 Å². The van der Waals surface area contributed by atoms with Crippen molar-refractivity contribution in [1.29, 1.82) is 0 Å². The molecule has 1 fully saturated rings. The summed E-state index contributed by atoms with van der Waals surface area (Å²) in [5.41, 5.74) is 3.14. The lowest BCUT2D eigenvalue weighted by Gasteiger charge is -2.26. The van der Waals surface area contributed by atoms with Crippen molar-refractivity contribution >= 4 is 21.9 Å². The molecule has 1 aliphatic heterocycles. The van der Waals surface area contributed by atoms with E-state index in [1.54, 1.807) is 0 Å². The van der Waals surface area contributed by atoms with Crippen molar-refractivity contribution in [3.63, 3.8) is 0 Å². The van der Waals surface area contributed by atoms with E-state index in [-0.39, 0.29) is 11.6 Å². The fourth-order valence-corrected chi connectivity index (χ4v) is 4.81. The first-order chi connectivity index (χ1) is 16.2. The van der Waals surface area contributed by atoms with Crippen LogP contribution in [0, 0.1) is 11.6 Å². The molecule has 164 valence electrons. The molecule has 0 bridgehead atoms. The normalized spacial score (nSPS) is 14.8. The van der Waals surface area contributed by atoms with Crippen molar-refractivity contribution in [3.8, 4) is 22.5 Å². The first-order valence-corrected chi connectivity index (χ1v) is 11.2. The van der Waals surface area contributed by atoms with Gasteiger partial charge >= 0.3 is 0 Å².